The Kier molecular flexibility index (Phi) is 2.68. The highest BCUT2D eigenvalue weighted by atomic mass is 16.3. The first-order chi connectivity index (χ1) is 10.3. The average Bonchev–Trinajstić information content (AvgIpc) is 3.17. The fourth-order valence-corrected chi connectivity index (χ4v) is 2.77. The van der Waals surface area contributed by atoms with Gasteiger partial charge in [0, 0.05) is 28.5 Å². The SMILES string of the molecule is Cc1cc(-c2ccco2)cc2cc(-c3ccccc3)cn12. The Morgan fingerprint density at radius 1 is 0.810 bits per heavy atom. The summed E-state index contributed by atoms with van der Waals surface area (Å²) in [6, 6.07) is 20.9. The maximum absolute atomic E-state index is 5.51. The first kappa shape index (κ1) is 12.0. The van der Waals surface area contributed by atoms with Gasteiger partial charge in [0.05, 0.1) is 6.26 Å². The van der Waals surface area contributed by atoms with Crippen LogP contribution in [0.3, 0.4) is 0 Å². The third-order valence-corrected chi connectivity index (χ3v) is 3.81. The van der Waals surface area contributed by atoms with E-state index in [1.165, 1.54) is 22.3 Å². The van der Waals surface area contributed by atoms with Crippen LogP contribution in [0.5, 0.6) is 0 Å². The molecule has 0 bridgehead atoms. The first-order valence-corrected chi connectivity index (χ1v) is 7.03. The number of fused-ring (bicyclic) bond motifs is 1. The van der Waals surface area contributed by atoms with Crippen molar-refractivity contribution in [2.24, 2.45) is 0 Å². The summed E-state index contributed by atoms with van der Waals surface area (Å²) in [5.41, 5.74) is 5.96. The zero-order chi connectivity index (χ0) is 14.2. The fraction of sp³-hybridized carbons (Fsp3) is 0.0526. The van der Waals surface area contributed by atoms with Crippen LogP contribution in [-0.4, -0.2) is 4.40 Å². The number of aryl methyl sites for hydroxylation is 1. The zero-order valence-corrected chi connectivity index (χ0v) is 11.8. The Morgan fingerprint density at radius 2 is 1.62 bits per heavy atom. The number of aromatic nitrogens is 1. The fourth-order valence-electron chi connectivity index (χ4n) is 2.77. The second-order valence-corrected chi connectivity index (χ2v) is 5.25. The number of benzene rings is 1. The molecule has 0 saturated heterocycles. The molecule has 4 aromatic rings. The van der Waals surface area contributed by atoms with Crippen LogP contribution in [0.2, 0.25) is 0 Å². The Hall–Kier alpha value is -2.74. The molecule has 3 aromatic heterocycles. The van der Waals surface area contributed by atoms with Crippen LogP contribution in [0.4, 0.5) is 0 Å². The quantitative estimate of drug-likeness (QED) is 0.492. The molecule has 21 heavy (non-hydrogen) atoms. The highest BCUT2D eigenvalue weighted by Crippen LogP contribution is 2.28. The standard InChI is InChI=1S/C19H15NO/c1-14-10-16(19-8-5-9-21-19)11-18-12-17(13-20(14)18)15-6-3-2-4-7-15/h2-13H,1H3. The minimum Gasteiger partial charge on any atom is -0.464 e. The molecule has 2 nitrogen and oxygen atoms in total. The molecule has 0 fully saturated rings. The molecule has 0 atom stereocenters. The Morgan fingerprint density at radius 3 is 2.38 bits per heavy atom. The number of furan rings is 1. The van der Waals surface area contributed by atoms with Gasteiger partial charge in [0.25, 0.3) is 0 Å². The third kappa shape index (κ3) is 2.05. The van der Waals surface area contributed by atoms with E-state index in [0.717, 1.165) is 11.3 Å². The summed E-state index contributed by atoms with van der Waals surface area (Å²) in [5, 5.41) is 0. The maximum atomic E-state index is 5.51. The largest absolute Gasteiger partial charge is 0.464 e. The van der Waals surface area contributed by atoms with E-state index in [2.05, 4.69) is 60.0 Å². The third-order valence-electron chi connectivity index (χ3n) is 3.81. The van der Waals surface area contributed by atoms with E-state index in [1.807, 2.05) is 18.2 Å². The topological polar surface area (TPSA) is 17.6 Å². The van der Waals surface area contributed by atoms with E-state index in [1.54, 1.807) is 6.26 Å². The van der Waals surface area contributed by atoms with E-state index < -0.39 is 0 Å². The van der Waals surface area contributed by atoms with Crippen molar-refractivity contribution in [3.8, 4) is 22.5 Å². The molecule has 0 N–H and O–H groups in total. The molecule has 0 amide bonds. The van der Waals surface area contributed by atoms with Gasteiger partial charge in [-0.3, -0.25) is 0 Å². The molecular weight excluding hydrogens is 258 g/mol. The molecule has 0 spiro atoms. The molecular formula is C19H15NO. The first-order valence-electron chi connectivity index (χ1n) is 7.03. The number of hydrogen-bond acceptors (Lipinski definition) is 1. The lowest BCUT2D eigenvalue weighted by Gasteiger charge is -2.04. The molecule has 0 aliphatic rings. The number of nitrogens with zero attached hydrogens (tertiary/aromatic N) is 1. The van der Waals surface area contributed by atoms with E-state index in [-0.39, 0.29) is 0 Å². The van der Waals surface area contributed by atoms with Crippen molar-refractivity contribution in [2.75, 3.05) is 0 Å². The van der Waals surface area contributed by atoms with Crippen molar-refractivity contribution in [3.63, 3.8) is 0 Å². The van der Waals surface area contributed by atoms with Crippen molar-refractivity contribution in [3.05, 3.63) is 78.8 Å². The molecule has 0 aliphatic heterocycles. The molecule has 0 saturated carbocycles. The van der Waals surface area contributed by atoms with Gasteiger partial charge in [-0.2, -0.15) is 0 Å². The van der Waals surface area contributed by atoms with Crippen LogP contribution < -0.4 is 0 Å². The van der Waals surface area contributed by atoms with Crippen LogP contribution in [0, 0.1) is 6.92 Å². The van der Waals surface area contributed by atoms with Crippen LogP contribution in [0.15, 0.2) is 77.5 Å². The van der Waals surface area contributed by atoms with Gasteiger partial charge in [-0.25, -0.2) is 0 Å². The van der Waals surface area contributed by atoms with Crippen molar-refractivity contribution in [1.82, 2.24) is 4.40 Å². The van der Waals surface area contributed by atoms with Gasteiger partial charge in [-0.05, 0) is 42.8 Å². The highest BCUT2D eigenvalue weighted by molar-refractivity contribution is 5.74. The van der Waals surface area contributed by atoms with Crippen molar-refractivity contribution in [1.29, 1.82) is 0 Å². The maximum Gasteiger partial charge on any atom is 0.133 e. The van der Waals surface area contributed by atoms with Crippen molar-refractivity contribution in [2.45, 2.75) is 6.92 Å². The van der Waals surface area contributed by atoms with Crippen LogP contribution in [0.1, 0.15) is 5.69 Å². The number of hydrogen-bond donors (Lipinski definition) is 0. The van der Waals surface area contributed by atoms with Crippen LogP contribution >= 0.6 is 0 Å². The van der Waals surface area contributed by atoms with E-state index >= 15 is 0 Å². The average molecular weight is 273 g/mol. The minimum absolute atomic E-state index is 0.906. The predicted molar refractivity (Wildman–Crippen MR) is 85.3 cm³/mol. The second-order valence-electron chi connectivity index (χ2n) is 5.25. The van der Waals surface area contributed by atoms with Crippen molar-refractivity contribution < 1.29 is 4.42 Å². The molecule has 0 unspecified atom stereocenters. The molecule has 2 heteroatoms. The predicted octanol–water partition coefficient (Wildman–Crippen LogP) is 5.17. The van der Waals surface area contributed by atoms with Gasteiger partial charge in [0.15, 0.2) is 0 Å². The molecule has 4 rings (SSSR count). The zero-order valence-electron chi connectivity index (χ0n) is 11.8. The monoisotopic (exact) mass is 273 g/mol. The van der Waals surface area contributed by atoms with Crippen molar-refractivity contribution >= 4 is 5.52 Å². The Bertz CT molecular complexity index is 886. The summed E-state index contributed by atoms with van der Waals surface area (Å²) in [6.07, 6.45) is 3.90. The molecule has 1 aromatic carbocycles. The summed E-state index contributed by atoms with van der Waals surface area (Å²) >= 11 is 0. The summed E-state index contributed by atoms with van der Waals surface area (Å²) in [4.78, 5) is 0. The van der Waals surface area contributed by atoms with E-state index in [4.69, 9.17) is 4.42 Å². The highest BCUT2D eigenvalue weighted by Gasteiger charge is 2.08. The number of pyridine rings is 1. The van der Waals surface area contributed by atoms with Gasteiger partial charge in [-0.1, -0.05) is 30.3 Å². The smallest absolute Gasteiger partial charge is 0.133 e. The lowest BCUT2D eigenvalue weighted by molar-refractivity contribution is 0.582. The Balaban J connectivity index is 1.90. The lowest BCUT2D eigenvalue weighted by Crippen LogP contribution is -1.89. The van der Waals surface area contributed by atoms with E-state index in [9.17, 15) is 0 Å². The lowest BCUT2D eigenvalue weighted by atomic mass is 10.1. The summed E-state index contributed by atoms with van der Waals surface area (Å²) < 4.78 is 7.72. The normalized spacial score (nSPS) is 11.1. The van der Waals surface area contributed by atoms with Gasteiger partial charge >= 0.3 is 0 Å². The second kappa shape index (κ2) is 4.67. The summed E-state index contributed by atoms with van der Waals surface area (Å²) in [6.45, 7) is 2.12. The number of rotatable bonds is 2. The Labute approximate surface area is 123 Å². The molecule has 3 heterocycles. The van der Waals surface area contributed by atoms with Gasteiger partial charge < -0.3 is 8.82 Å². The summed E-state index contributed by atoms with van der Waals surface area (Å²) in [5.74, 6) is 0.906. The molecule has 0 radical (unpaired) electrons. The minimum atomic E-state index is 0.906. The van der Waals surface area contributed by atoms with E-state index in [0.29, 0.717) is 0 Å². The van der Waals surface area contributed by atoms with Gasteiger partial charge in [0.1, 0.15) is 5.76 Å². The van der Waals surface area contributed by atoms with Crippen LogP contribution in [-0.2, 0) is 0 Å². The van der Waals surface area contributed by atoms with Crippen LogP contribution in [0.25, 0.3) is 28.0 Å². The molecule has 0 aliphatic carbocycles. The summed E-state index contributed by atoms with van der Waals surface area (Å²) in [7, 11) is 0. The molecule has 102 valence electrons. The van der Waals surface area contributed by atoms with Gasteiger partial charge in [0.2, 0.25) is 0 Å². The van der Waals surface area contributed by atoms with Gasteiger partial charge in [-0.15, -0.1) is 0 Å².